The van der Waals surface area contributed by atoms with Crippen molar-refractivity contribution in [3.05, 3.63) is 166 Å². The normalized spacial score (nSPS) is 12.2. The van der Waals surface area contributed by atoms with E-state index in [1.807, 2.05) is 118 Å². The summed E-state index contributed by atoms with van der Waals surface area (Å²) in [4.78, 5) is 3.68. The molecule has 0 atom stereocenters. The molecule has 0 aliphatic heterocycles. The van der Waals surface area contributed by atoms with Gasteiger partial charge in [-0.2, -0.15) is 0 Å². The predicted octanol–water partition coefficient (Wildman–Crippen LogP) is 9.52. The summed E-state index contributed by atoms with van der Waals surface area (Å²) >= 11 is 0. The first-order chi connectivity index (χ1) is 20.5. The van der Waals surface area contributed by atoms with E-state index in [0.29, 0.717) is 11.1 Å². The molecule has 7 heteroatoms. The van der Waals surface area contributed by atoms with Crippen molar-refractivity contribution >= 4 is 11.9 Å². The Morgan fingerprint density at radius 1 is 0.558 bits per heavy atom. The first-order valence-electron chi connectivity index (χ1n) is 13.6. The average Bonchev–Trinajstić information content (AvgIpc) is 3.01. The van der Waals surface area contributed by atoms with Crippen molar-refractivity contribution in [1.82, 2.24) is 0 Å². The van der Waals surface area contributed by atoms with Gasteiger partial charge in [0.15, 0.2) is 23.3 Å². The molecule has 0 bridgehead atoms. The third-order valence-corrected chi connectivity index (χ3v) is 7.52. The monoisotopic (exact) mass is 585 g/mol. The number of aliphatic imine (C=N–C) groups is 1. The Labute approximate surface area is 246 Å². The molecular formula is C36H28F5NO. The molecule has 5 rings (SSSR count). The number of phenolic OH excluding ortho intramolecular Hbond substituents is 1. The van der Waals surface area contributed by atoms with Crippen LogP contribution < -0.4 is 0 Å². The molecule has 0 heterocycles. The summed E-state index contributed by atoms with van der Waals surface area (Å²) in [6, 6.07) is 32.7. The standard InChI is InChI=1S/C36H28F5NO/c1-35(2,3)27-20-26(19-22(34(27)43)21-42-33-31(40)29(38)28(37)30(39)32(33)41)36(23-13-7-4-8-14-23,24-15-9-5-10-16-24)25-17-11-6-12-18-25/h4-21,43H,1-3H3. The van der Waals surface area contributed by atoms with E-state index in [1.54, 1.807) is 6.07 Å². The van der Waals surface area contributed by atoms with E-state index >= 15 is 0 Å². The van der Waals surface area contributed by atoms with Gasteiger partial charge < -0.3 is 5.11 Å². The van der Waals surface area contributed by atoms with E-state index in [2.05, 4.69) is 4.99 Å². The summed E-state index contributed by atoms with van der Waals surface area (Å²) in [6.45, 7) is 5.68. The van der Waals surface area contributed by atoms with Gasteiger partial charge in [-0.1, -0.05) is 112 Å². The van der Waals surface area contributed by atoms with E-state index in [1.165, 1.54) is 0 Å². The molecule has 0 amide bonds. The third-order valence-electron chi connectivity index (χ3n) is 7.52. The minimum atomic E-state index is -2.27. The number of rotatable bonds is 6. The van der Waals surface area contributed by atoms with Crippen molar-refractivity contribution in [2.24, 2.45) is 4.99 Å². The molecule has 0 radical (unpaired) electrons. The van der Waals surface area contributed by atoms with Crippen LogP contribution >= 0.6 is 0 Å². The Morgan fingerprint density at radius 2 is 0.953 bits per heavy atom. The van der Waals surface area contributed by atoms with Crippen LogP contribution in [0.1, 0.15) is 54.2 Å². The molecule has 0 aromatic heterocycles. The van der Waals surface area contributed by atoms with Gasteiger partial charge in [0, 0.05) is 17.3 Å². The van der Waals surface area contributed by atoms with Crippen molar-refractivity contribution in [2.75, 3.05) is 0 Å². The van der Waals surface area contributed by atoms with Crippen molar-refractivity contribution < 1.29 is 27.1 Å². The van der Waals surface area contributed by atoms with Crippen LogP contribution in [0.3, 0.4) is 0 Å². The van der Waals surface area contributed by atoms with Gasteiger partial charge in [0.25, 0.3) is 0 Å². The van der Waals surface area contributed by atoms with E-state index in [4.69, 9.17) is 0 Å². The summed E-state index contributed by atoms with van der Waals surface area (Å²) < 4.78 is 70.5. The van der Waals surface area contributed by atoms with Gasteiger partial charge in [0.1, 0.15) is 11.4 Å². The van der Waals surface area contributed by atoms with Gasteiger partial charge in [-0.05, 0) is 39.8 Å². The average molecular weight is 586 g/mol. The summed E-state index contributed by atoms with van der Waals surface area (Å²) in [6.07, 6.45) is 0.929. The van der Waals surface area contributed by atoms with Gasteiger partial charge in [-0.25, -0.2) is 26.9 Å². The second-order valence-electron chi connectivity index (χ2n) is 11.2. The lowest BCUT2D eigenvalue weighted by atomic mass is 9.64. The fraction of sp³-hybridized carbons (Fsp3) is 0.139. The molecule has 0 saturated carbocycles. The summed E-state index contributed by atoms with van der Waals surface area (Å²) in [5, 5.41) is 11.4. The van der Waals surface area contributed by atoms with Crippen LogP contribution in [0.25, 0.3) is 0 Å². The van der Waals surface area contributed by atoms with Gasteiger partial charge in [0.05, 0.1) is 5.41 Å². The summed E-state index contributed by atoms with van der Waals surface area (Å²) in [5.41, 5.74) is 1.03. The molecule has 5 aromatic carbocycles. The van der Waals surface area contributed by atoms with Crippen LogP contribution in [0, 0.1) is 29.1 Å². The number of hydrogen-bond donors (Lipinski definition) is 1. The molecule has 2 nitrogen and oxygen atoms in total. The first-order valence-corrected chi connectivity index (χ1v) is 13.6. The largest absolute Gasteiger partial charge is 0.507 e. The second kappa shape index (κ2) is 11.5. The Bertz CT molecular complexity index is 1670. The van der Waals surface area contributed by atoms with Crippen LogP contribution in [-0.2, 0) is 10.8 Å². The first kappa shape index (κ1) is 29.7. The highest BCUT2D eigenvalue weighted by Gasteiger charge is 2.40. The quantitative estimate of drug-likeness (QED) is 0.0695. The molecule has 43 heavy (non-hydrogen) atoms. The van der Waals surface area contributed by atoms with Gasteiger partial charge in [-0.15, -0.1) is 0 Å². The zero-order valence-corrected chi connectivity index (χ0v) is 23.7. The topological polar surface area (TPSA) is 32.6 Å². The number of halogens is 5. The molecule has 0 fully saturated rings. The number of hydrogen-bond acceptors (Lipinski definition) is 2. The molecular weight excluding hydrogens is 557 g/mol. The van der Waals surface area contributed by atoms with Crippen molar-refractivity contribution in [3.63, 3.8) is 0 Å². The van der Waals surface area contributed by atoms with Crippen molar-refractivity contribution in [2.45, 2.75) is 31.6 Å². The maximum absolute atomic E-state index is 14.5. The Kier molecular flexibility index (Phi) is 7.93. The Morgan fingerprint density at radius 3 is 1.35 bits per heavy atom. The third kappa shape index (κ3) is 5.20. The van der Waals surface area contributed by atoms with Crippen LogP contribution in [0.2, 0.25) is 0 Å². The fourth-order valence-corrected chi connectivity index (χ4v) is 5.45. The molecule has 0 aliphatic rings. The minimum absolute atomic E-state index is 0.0403. The maximum Gasteiger partial charge on any atom is 0.200 e. The SMILES string of the molecule is CC(C)(C)c1cc(C(c2ccccc2)(c2ccccc2)c2ccccc2)cc(C=Nc2c(F)c(F)c(F)c(F)c2F)c1O. The lowest BCUT2D eigenvalue weighted by Crippen LogP contribution is -2.31. The van der Waals surface area contributed by atoms with Crippen LogP contribution in [0.5, 0.6) is 5.75 Å². The molecule has 1 N–H and O–H groups in total. The van der Waals surface area contributed by atoms with Crippen molar-refractivity contribution in [1.29, 1.82) is 0 Å². The second-order valence-corrected chi connectivity index (χ2v) is 11.2. The molecule has 0 spiro atoms. The van der Waals surface area contributed by atoms with E-state index in [9.17, 15) is 27.1 Å². The lowest BCUT2D eigenvalue weighted by molar-refractivity contribution is 0.381. The van der Waals surface area contributed by atoms with E-state index < -0.39 is 45.6 Å². The highest BCUT2D eigenvalue weighted by molar-refractivity contribution is 5.87. The van der Waals surface area contributed by atoms with Gasteiger partial charge in [-0.3, -0.25) is 0 Å². The minimum Gasteiger partial charge on any atom is -0.507 e. The zero-order valence-electron chi connectivity index (χ0n) is 23.7. The zero-order chi connectivity index (χ0) is 30.9. The Balaban J connectivity index is 1.88. The number of phenols is 1. The van der Waals surface area contributed by atoms with Gasteiger partial charge in [0.2, 0.25) is 5.82 Å². The fourth-order valence-electron chi connectivity index (χ4n) is 5.45. The number of nitrogens with zero attached hydrogens (tertiary/aromatic N) is 1. The van der Waals surface area contributed by atoms with E-state index in [-0.39, 0.29) is 11.3 Å². The number of aromatic hydroxyl groups is 1. The van der Waals surface area contributed by atoms with Crippen LogP contribution in [0.15, 0.2) is 108 Å². The van der Waals surface area contributed by atoms with Gasteiger partial charge >= 0.3 is 0 Å². The molecule has 5 aromatic rings. The summed E-state index contributed by atoms with van der Waals surface area (Å²) in [7, 11) is 0. The highest BCUT2D eigenvalue weighted by Crippen LogP contribution is 2.48. The van der Waals surface area contributed by atoms with Crippen LogP contribution in [-0.4, -0.2) is 11.3 Å². The summed E-state index contributed by atoms with van der Waals surface area (Å²) in [5.74, 6) is -10.8. The van der Waals surface area contributed by atoms with Crippen LogP contribution in [0.4, 0.5) is 27.6 Å². The van der Waals surface area contributed by atoms with E-state index in [0.717, 1.165) is 22.9 Å². The predicted molar refractivity (Wildman–Crippen MR) is 159 cm³/mol. The number of benzene rings is 5. The molecule has 0 aliphatic carbocycles. The smallest absolute Gasteiger partial charge is 0.200 e. The Hall–Kier alpha value is -4.78. The molecule has 218 valence electrons. The van der Waals surface area contributed by atoms with Crippen molar-refractivity contribution in [3.8, 4) is 5.75 Å². The molecule has 0 saturated heterocycles. The highest BCUT2D eigenvalue weighted by atomic mass is 19.2. The lowest BCUT2D eigenvalue weighted by Gasteiger charge is -2.38. The molecule has 0 unspecified atom stereocenters. The maximum atomic E-state index is 14.5.